The van der Waals surface area contributed by atoms with E-state index in [0.29, 0.717) is 13.0 Å². The van der Waals surface area contributed by atoms with Gasteiger partial charge in [0.05, 0.1) is 0 Å². The van der Waals surface area contributed by atoms with Crippen LogP contribution < -0.4 is 0 Å². The highest BCUT2D eigenvalue weighted by atomic mass is 16.5. The van der Waals surface area contributed by atoms with E-state index >= 15 is 0 Å². The first-order valence-corrected chi connectivity index (χ1v) is 11.6. The monoisotopic (exact) mass is 370 g/mol. The molecule has 0 spiro atoms. The Kier molecular flexibility index (Phi) is 20.3. The highest BCUT2D eigenvalue weighted by Gasteiger charge is 2.15. The van der Waals surface area contributed by atoms with Gasteiger partial charge in [-0.25, -0.2) is 4.79 Å². The number of carboxylic acids is 1. The number of unbranched alkanes of at least 4 members (excludes halogenated alkanes) is 15. The molecule has 0 aliphatic heterocycles. The Morgan fingerprint density at radius 3 is 1.38 bits per heavy atom. The summed E-state index contributed by atoms with van der Waals surface area (Å²) in [6, 6.07) is 0. The third-order valence-corrected chi connectivity index (χ3v) is 5.14. The second-order valence-electron chi connectivity index (χ2n) is 7.79. The van der Waals surface area contributed by atoms with E-state index in [9.17, 15) is 4.79 Å². The van der Waals surface area contributed by atoms with Crippen molar-refractivity contribution < 1.29 is 14.6 Å². The molecule has 1 atom stereocenters. The molecule has 0 saturated heterocycles. The molecule has 1 N–H and O–H groups in total. The van der Waals surface area contributed by atoms with Crippen LogP contribution in [0.4, 0.5) is 0 Å². The molecule has 0 heterocycles. The summed E-state index contributed by atoms with van der Waals surface area (Å²) >= 11 is 0. The minimum absolute atomic E-state index is 0.593. The predicted octanol–water partition coefficient (Wildman–Crippen LogP) is 7.52. The Morgan fingerprint density at radius 1 is 0.654 bits per heavy atom. The van der Waals surface area contributed by atoms with Crippen LogP contribution in [0.2, 0.25) is 0 Å². The third kappa shape index (κ3) is 18.2. The van der Waals surface area contributed by atoms with E-state index in [2.05, 4.69) is 6.92 Å². The summed E-state index contributed by atoms with van der Waals surface area (Å²) in [5, 5.41) is 9.01. The molecule has 0 bridgehead atoms. The lowest BCUT2D eigenvalue weighted by molar-refractivity contribution is -0.150. The van der Waals surface area contributed by atoms with Crippen LogP contribution in [0.3, 0.4) is 0 Å². The van der Waals surface area contributed by atoms with Crippen molar-refractivity contribution in [2.75, 3.05) is 6.61 Å². The van der Waals surface area contributed by atoms with Crippen molar-refractivity contribution in [2.45, 2.75) is 136 Å². The molecule has 0 saturated carbocycles. The molecule has 0 aromatic heterocycles. The second kappa shape index (κ2) is 20.7. The van der Waals surface area contributed by atoms with Crippen molar-refractivity contribution in [3.05, 3.63) is 0 Å². The first-order valence-electron chi connectivity index (χ1n) is 11.6. The maximum absolute atomic E-state index is 11.0. The zero-order valence-electron chi connectivity index (χ0n) is 17.8. The Labute approximate surface area is 163 Å². The molecule has 0 radical (unpaired) electrons. The average Bonchev–Trinajstić information content (AvgIpc) is 2.63. The quantitative estimate of drug-likeness (QED) is 0.212. The van der Waals surface area contributed by atoms with Gasteiger partial charge in [-0.2, -0.15) is 0 Å². The third-order valence-electron chi connectivity index (χ3n) is 5.14. The largest absolute Gasteiger partial charge is 0.479 e. The first-order chi connectivity index (χ1) is 12.7. The first kappa shape index (κ1) is 25.4. The van der Waals surface area contributed by atoms with Crippen molar-refractivity contribution >= 4 is 5.97 Å². The number of hydrogen-bond donors (Lipinski definition) is 1. The molecule has 0 aromatic carbocycles. The summed E-state index contributed by atoms with van der Waals surface area (Å²) in [7, 11) is 0. The number of rotatable bonds is 21. The Bertz CT molecular complexity index is 291. The van der Waals surface area contributed by atoms with Crippen molar-refractivity contribution in [3.8, 4) is 0 Å². The molecular formula is C23H46O3. The van der Waals surface area contributed by atoms with Crippen LogP contribution >= 0.6 is 0 Å². The molecule has 1 unspecified atom stereocenters. The van der Waals surface area contributed by atoms with Crippen LogP contribution in [-0.2, 0) is 9.53 Å². The van der Waals surface area contributed by atoms with E-state index in [4.69, 9.17) is 9.84 Å². The van der Waals surface area contributed by atoms with Gasteiger partial charge in [0.2, 0.25) is 0 Å². The van der Waals surface area contributed by atoms with Crippen LogP contribution in [0.15, 0.2) is 0 Å². The summed E-state index contributed by atoms with van der Waals surface area (Å²) in [6.07, 6.45) is 22.5. The van der Waals surface area contributed by atoms with E-state index in [1.165, 1.54) is 89.9 Å². The van der Waals surface area contributed by atoms with E-state index < -0.39 is 12.1 Å². The zero-order valence-corrected chi connectivity index (χ0v) is 17.8. The summed E-state index contributed by atoms with van der Waals surface area (Å²) in [6.45, 7) is 4.86. The van der Waals surface area contributed by atoms with Gasteiger partial charge in [-0.05, 0) is 12.8 Å². The maximum atomic E-state index is 11.0. The molecule has 26 heavy (non-hydrogen) atoms. The van der Waals surface area contributed by atoms with Gasteiger partial charge in [0.15, 0.2) is 6.10 Å². The average molecular weight is 371 g/mol. The normalized spacial score (nSPS) is 12.4. The van der Waals surface area contributed by atoms with Crippen LogP contribution in [0.25, 0.3) is 0 Å². The Morgan fingerprint density at radius 2 is 1.04 bits per heavy atom. The van der Waals surface area contributed by atoms with Gasteiger partial charge in [0.1, 0.15) is 0 Å². The number of ether oxygens (including phenoxy) is 1. The van der Waals surface area contributed by atoms with Crippen LogP contribution in [0, 0.1) is 0 Å². The van der Waals surface area contributed by atoms with Gasteiger partial charge < -0.3 is 9.84 Å². The topological polar surface area (TPSA) is 46.5 Å². The van der Waals surface area contributed by atoms with E-state index in [-0.39, 0.29) is 0 Å². The fraction of sp³-hybridized carbons (Fsp3) is 0.957. The SMILES string of the molecule is CCCCCCCCCCCCCCCCCCOC(CCC)C(=O)O. The number of carbonyl (C=O) groups is 1. The summed E-state index contributed by atoms with van der Waals surface area (Å²) < 4.78 is 5.46. The van der Waals surface area contributed by atoms with Crippen LogP contribution in [0.1, 0.15) is 129 Å². The highest BCUT2D eigenvalue weighted by Crippen LogP contribution is 2.14. The Hall–Kier alpha value is -0.570. The van der Waals surface area contributed by atoms with Gasteiger partial charge in [0, 0.05) is 6.61 Å². The number of hydrogen-bond acceptors (Lipinski definition) is 2. The molecule has 3 heteroatoms. The number of carboxylic acid groups (broad SMARTS) is 1. The highest BCUT2D eigenvalue weighted by molar-refractivity contribution is 5.72. The number of aliphatic carboxylic acids is 1. The molecule has 0 aliphatic rings. The molecule has 0 rings (SSSR count). The summed E-state index contributed by atoms with van der Waals surface area (Å²) in [5.74, 6) is -0.816. The summed E-state index contributed by atoms with van der Waals surface area (Å²) in [5.41, 5.74) is 0. The fourth-order valence-corrected chi connectivity index (χ4v) is 3.42. The second-order valence-corrected chi connectivity index (χ2v) is 7.79. The van der Waals surface area contributed by atoms with Crippen molar-refractivity contribution in [3.63, 3.8) is 0 Å². The smallest absolute Gasteiger partial charge is 0.332 e. The summed E-state index contributed by atoms with van der Waals surface area (Å²) in [4.78, 5) is 11.0. The van der Waals surface area contributed by atoms with Gasteiger partial charge in [0.25, 0.3) is 0 Å². The Balaban J connectivity index is 3.16. The lowest BCUT2D eigenvalue weighted by Crippen LogP contribution is -2.24. The van der Waals surface area contributed by atoms with Gasteiger partial charge in [-0.15, -0.1) is 0 Å². The predicted molar refractivity (Wildman–Crippen MR) is 112 cm³/mol. The molecule has 0 aliphatic carbocycles. The molecule has 0 amide bonds. The molecule has 0 fully saturated rings. The van der Waals surface area contributed by atoms with E-state index in [0.717, 1.165) is 19.3 Å². The molecule has 0 aromatic rings. The standard InChI is InChI=1S/C23H46O3/c1-3-5-6-7-8-9-10-11-12-13-14-15-16-17-18-19-21-26-22(20-4-2)23(24)25/h22H,3-21H2,1-2H3,(H,24,25). The van der Waals surface area contributed by atoms with Crippen molar-refractivity contribution in [1.29, 1.82) is 0 Å². The lowest BCUT2D eigenvalue weighted by Gasteiger charge is -2.12. The molecular weight excluding hydrogens is 324 g/mol. The van der Waals surface area contributed by atoms with Crippen molar-refractivity contribution in [1.82, 2.24) is 0 Å². The molecule has 3 nitrogen and oxygen atoms in total. The van der Waals surface area contributed by atoms with Crippen molar-refractivity contribution in [2.24, 2.45) is 0 Å². The van der Waals surface area contributed by atoms with Gasteiger partial charge in [-0.3, -0.25) is 0 Å². The lowest BCUT2D eigenvalue weighted by atomic mass is 10.0. The maximum Gasteiger partial charge on any atom is 0.332 e. The van der Waals surface area contributed by atoms with E-state index in [1.54, 1.807) is 0 Å². The molecule has 156 valence electrons. The van der Waals surface area contributed by atoms with Crippen LogP contribution in [0.5, 0.6) is 0 Å². The van der Waals surface area contributed by atoms with E-state index in [1.807, 2.05) is 6.92 Å². The fourth-order valence-electron chi connectivity index (χ4n) is 3.42. The van der Waals surface area contributed by atoms with Crippen LogP contribution in [-0.4, -0.2) is 23.8 Å². The minimum Gasteiger partial charge on any atom is -0.479 e. The van der Waals surface area contributed by atoms with Gasteiger partial charge in [-0.1, -0.05) is 117 Å². The minimum atomic E-state index is -0.816. The zero-order chi connectivity index (χ0) is 19.3. The van der Waals surface area contributed by atoms with Gasteiger partial charge >= 0.3 is 5.97 Å².